The first-order valence-electron chi connectivity index (χ1n) is 31.6. The molecule has 0 N–H and O–H groups in total. The van der Waals surface area contributed by atoms with E-state index in [4.69, 9.17) is 4.74 Å². The van der Waals surface area contributed by atoms with E-state index in [1.54, 1.807) is 0 Å². The molecule has 0 atom stereocenters. The second-order valence-corrected chi connectivity index (χ2v) is 26.5. The number of halogens is 2. The Labute approximate surface area is 556 Å². The summed E-state index contributed by atoms with van der Waals surface area (Å²) in [6.45, 7) is 4.22. The van der Waals surface area contributed by atoms with E-state index in [2.05, 4.69) is 357 Å². The third-order valence-corrected chi connectivity index (χ3v) is 19.9. The molecule has 0 saturated carbocycles. The molecule has 12 aromatic rings. The molecule has 0 aliphatic carbocycles. The van der Waals surface area contributed by atoms with Crippen molar-refractivity contribution in [2.75, 3.05) is 24.5 Å². The van der Waals surface area contributed by atoms with Gasteiger partial charge in [-0.25, -0.2) is 0 Å². The molecule has 16 rings (SSSR count). The number of anilines is 15. The lowest BCUT2D eigenvalue weighted by Gasteiger charge is -2.46. The fraction of sp³-hybridized carbons (Fsp3) is 0.100. The van der Waals surface area contributed by atoms with Crippen molar-refractivity contribution in [3.8, 4) is 11.5 Å². The van der Waals surface area contributed by atoms with Crippen molar-refractivity contribution in [3.63, 3.8) is 0 Å². The van der Waals surface area contributed by atoms with Gasteiger partial charge in [-0.1, -0.05) is 148 Å². The maximum atomic E-state index is 7.32. The number of aryl methyl sites for hydroxylation is 2. The van der Waals surface area contributed by atoms with Gasteiger partial charge < -0.3 is 29.2 Å². The zero-order valence-corrected chi connectivity index (χ0v) is 54.6. The smallest absolute Gasteiger partial charge is 0.256 e. The molecule has 90 heavy (non-hydrogen) atoms. The molecule has 0 bridgehead atoms. The summed E-state index contributed by atoms with van der Waals surface area (Å²) in [5, 5.41) is 0. The Morgan fingerprint density at radius 3 is 1.19 bits per heavy atom. The number of nitrogens with zero attached hydrogens (tertiary/aromatic N) is 5. The van der Waals surface area contributed by atoms with Crippen LogP contribution in [0.25, 0.3) is 0 Å². The van der Waals surface area contributed by atoms with Crippen LogP contribution in [-0.2, 0) is 12.8 Å². The summed E-state index contributed by atoms with van der Waals surface area (Å²) in [7, 11) is 0. The minimum absolute atomic E-state index is 0.149. The maximum Gasteiger partial charge on any atom is 0.256 e. The molecule has 434 valence electrons. The molecule has 4 aliphatic heterocycles. The summed E-state index contributed by atoms with van der Waals surface area (Å²) in [5.41, 5.74) is 26.5. The van der Waals surface area contributed by atoms with Crippen LogP contribution in [0.5, 0.6) is 11.5 Å². The van der Waals surface area contributed by atoms with E-state index in [9.17, 15) is 0 Å². The Kier molecular flexibility index (Phi) is 14.9. The van der Waals surface area contributed by atoms with Gasteiger partial charge in [-0.2, -0.15) is 0 Å². The van der Waals surface area contributed by atoms with E-state index in [1.807, 2.05) is 0 Å². The Morgan fingerprint density at radius 2 is 0.711 bits per heavy atom. The molecule has 0 aromatic heterocycles. The molecule has 0 radical (unpaired) electrons. The van der Waals surface area contributed by atoms with Crippen molar-refractivity contribution >= 4 is 177 Å². The van der Waals surface area contributed by atoms with Crippen molar-refractivity contribution in [1.29, 1.82) is 0 Å². The number of rotatable bonds is 15. The molecule has 0 amide bonds. The van der Waals surface area contributed by atoms with Crippen LogP contribution < -0.4 is 62.0 Å². The number of para-hydroxylation sites is 5. The van der Waals surface area contributed by atoms with E-state index in [0.717, 1.165) is 146 Å². The summed E-state index contributed by atoms with van der Waals surface area (Å²) in [5.74, 6) is 1.73. The third-order valence-electron chi connectivity index (χ3n) is 18.5. The molecule has 10 heteroatoms. The van der Waals surface area contributed by atoms with Gasteiger partial charge in [-0.15, -0.1) is 0 Å². The molecule has 0 spiro atoms. The number of hydrogen-bond donors (Lipinski definition) is 0. The van der Waals surface area contributed by atoms with E-state index in [-0.39, 0.29) is 13.4 Å². The van der Waals surface area contributed by atoms with Crippen LogP contribution in [0.4, 0.5) is 85.3 Å². The third kappa shape index (κ3) is 9.85. The van der Waals surface area contributed by atoms with Crippen molar-refractivity contribution in [1.82, 2.24) is 0 Å². The van der Waals surface area contributed by atoms with E-state index >= 15 is 0 Å². The first kappa shape index (κ1) is 56.3. The maximum absolute atomic E-state index is 7.32. The van der Waals surface area contributed by atoms with Gasteiger partial charge >= 0.3 is 0 Å². The number of hydrogen-bond acceptors (Lipinski definition) is 6. The lowest BCUT2D eigenvalue weighted by molar-refractivity contribution is 0.487. The topological polar surface area (TPSA) is 25.4 Å². The van der Waals surface area contributed by atoms with Gasteiger partial charge in [-0.3, -0.25) is 0 Å². The van der Waals surface area contributed by atoms with Crippen LogP contribution in [0.1, 0.15) is 50.7 Å². The largest absolute Gasteiger partial charge is 0.458 e. The first-order valence-corrected chi connectivity index (χ1v) is 33.8. The molecular weight excluding hydrogens is 1320 g/mol. The Bertz CT molecular complexity index is 4650. The molecule has 0 saturated heterocycles. The quantitative estimate of drug-likeness (QED) is 0.0750. The minimum Gasteiger partial charge on any atom is -0.458 e. The average molecular weight is 1390 g/mol. The zero-order valence-electron chi connectivity index (χ0n) is 50.3. The van der Waals surface area contributed by atoms with E-state index < -0.39 is 0 Å². The highest BCUT2D eigenvalue weighted by atomic mass is 127. The van der Waals surface area contributed by atoms with Gasteiger partial charge in [0.15, 0.2) is 0 Å². The molecule has 4 aliphatic rings. The highest BCUT2D eigenvalue weighted by molar-refractivity contribution is 14.1. The van der Waals surface area contributed by atoms with Gasteiger partial charge in [0.2, 0.25) is 0 Å². The van der Waals surface area contributed by atoms with Crippen LogP contribution in [0, 0.1) is 7.14 Å². The van der Waals surface area contributed by atoms with Crippen LogP contribution in [0.3, 0.4) is 0 Å². The Morgan fingerprint density at radius 1 is 0.322 bits per heavy atom. The van der Waals surface area contributed by atoms with Gasteiger partial charge in [0.05, 0.1) is 11.4 Å². The predicted molar refractivity (Wildman–Crippen MR) is 398 cm³/mol. The summed E-state index contributed by atoms with van der Waals surface area (Å²) in [6.07, 6.45) is 6.75. The highest BCUT2D eigenvalue weighted by Gasteiger charge is 2.48. The molecule has 0 unspecified atom stereocenters. The Balaban J connectivity index is 0.979. The van der Waals surface area contributed by atoms with Crippen molar-refractivity contribution in [2.45, 2.75) is 52.4 Å². The first-order chi connectivity index (χ1) is 44.4. The number of benzene rings is 12. The highest BCUT2D eigenvalue weighted by Crippen LogP contribution is 2.51. The monoisotopic (exact) mass is 1390 g/mol. The summed E-state index contributed by atoms with van der Waals surface area (Å²) < 4.78 is 9.70. The predicted octanol–water partition coefficient (Wildman–Crippen LogP) is 19.0. The average Bonchev–Trinajstić information content (AvgIpc) is 0.692. The standard InChI is InChI=1S/C80H63B2I2N5O/c1-3-5-20-54-32-40-61(41-33-54)85(63-44-36-56(83)37-45-63)65-48-74-79-75(49-65)88(59-24-12-8-13-25-59)72-53-73-70(52-69(72)81(79)67-28-16-18-30-71(67)87(74)58-22-10-7-11-23-58)82-68-29-17-19-31-77(68)90-78-51-66(50-76(80(78)82)89(73)60-26-14-9-15-27-60)86(64-46-38-57(84)39-47-64)62-42-34-55(35-43-62)21-6-4-2/h7-19,22-53H,3-6,20-21H2,1-2H3. The van der Waals surface area contributed by atoms with Gasteiger partial charge in [0.1, 0.15) is 11.5 Å². The second-order valence-electron chi connectivity index (χ2n) is 24.0. The molecule has 6 nitrogen and oxygen atoms in total. The SMILES string of the molecule is CCCCc1ccc(N(c2ccc(I)cc2)c2cc3c4c(c2)N(c2ccccc2)c2cc5c(cc2B4c2ccccc2O3)B2c3ccccc3N(c3ccccc3)c3cc(N(c4ccc(I)cc4)c4ccc(CCCC)cc4)cc(c32)N5c2ccccc2)cc1. The van der Waals surface area contributed by atoms with Crippen LogP contribution in [0.2, 0.25) is 0 Å². The van der Waals surface area contributed by atoms with Crippen LogP contribution in [0.15, 0.2) is 273 Å². The second kappa shape index (κ2) is 23.8. The fourth-order valence-corrected chi connectivity index (χ4v) is 15.1. The van der Waals surface area contributed by atoms with Crippen LogP contribution in [-0.4, -0.2) is 13.4 Å². The van der Waals surface area contributed by atoms with Crippen molar-refractivity contribution in [3.05, 3.63) is 291 Å². The zero-order chi connectivity index (χ0) is 60.4. The number of unbranched alkanes of at least 4 members (excludes halogenated alkanes) is 2. The Hall–Kier alpha value is -8.97. The molecule has 0 fully saturated rings. The van der Waals surface area contributed by atoms with Gasteiger partial charge in [0, 0.05) is 87.1 Å². The number of ether oxygens (including phenoxy) is 1. The molecular formula is C80H63B2I2N5O. The van der Waals surface area contributed by atoms with Gasteiger partial charge in [-0.05, 0) is 260 Å². The lowest BCUT2D eigenvalue weighted by atomic mass is 9.30. The number of fused-ring (bicyclic) bond motifs is 8. The van der Waals surface area contributed by atoms with Crippen LogP contribution >= 0.6 is 45.2 Å². The summed E-state index contributed by atoms with van der Waals surface area (Å²) in [4.78, 5) is 12.5. The summed E-state index contributed by atoms with van der Waals surface area (Å²) >= 11 is 4.85. The molecule has 12 aromatic carbocycles. The fourth-order valence-electron chi connectivity index (χ4n) is 14.4. The normalized spacial score (nSPS) is 12.9. The van der Waals surface area contributed by atoms with Crippen molar-refractivity contribution in [2.24, 2.45) is 0 Å². The lowest BCUT2D eigenvalue weighted by Crippen LogP contribution is -2.64. The van der Waals surface area contributed by atoms with Crippen molar-refractivity contribution < 1.29 is 4.74 Å². The molecule has 4 heterocycles. The summed E-state index contributed by atoms with van der Waals surface area (Å²) in [6, 6.07) is 102. The van der Waals surface area contributed by atoms with E-state index in [1.165, 1.54) is 40.1 Å². The minimum atomic E-state index is -0.164. The van der Waals surface area contributed by atoms with E-state index in [0.29, 0.717) is 0 Å². The van der Waals surface area contributed by atoms with Gasteiger partial charge in [0.25, 0.3) is 13.4 Å².